The maximum absolute atomic E-state index is 12.9. The summed E-state index contributed by atoms with van der Waals surface area (Å²) in [5.74, 6) is 0.00381. The third-order valence-electron chi connectivity index (χ3n) is 4.80. The van der Waals surface area contributed by atoms with E-state index in [2.05, 4.69) is 0 Å². The summed E-state index contributed by atoms with van der Waals surface area (Å²) in [5, 5.41) is 0.721. The van der Waals surface area contributed by atoms with E-state index in [1.807, 2.05) is 0 Å². The minimum atomic E-state index is -0.791. The molecular formula is C22H22Cl2N2O5. The molecule has 31 heavy (non-hydrogen) atoms. The van der Waals surface area contributed by atoms with E-state index in [1.165, 1.54) is 0 Å². The van der Waals surface area contributed by atoms with Crippen LogP contribution in [0.3, 0.4) is 0 Å². The van der Waals surface area contributed by atoms with Gasteiger partial charge in [0.25, 0.3) is 11.8 Å². The molecule has 0 saturated carbocycles. The summed E-state index contributed by atoms with van der Waals surface area (Å²) in [6.07, 6.45) is -0.135. The summed E-state index contributed by atoms with van der Waals surface area (Å²) in [7, 11) is 0. The number of nitrogens with zero attached hydrogens (tertiary/aromatic N) is 2. The van der Waals surface area contributed by atoms with E-state index in [9.17, 15) is 14.4 Å². The summed E-state index contributed by atoms with van der Waals surface area (Å²) >= 11 is 12.0. The van der Waals surface area contributed by atoms with Crippen LogP contribution in [0.2, 0.25) is 10.0 Å². The van der Waals surface area contributed by atoms with Gasteiger partial charge in [0.2, 0.25) is 0 Å². The molecule has 164 valence electrons. The second-order valence-electron chi connectivity index (χ2n) is 6.88. The van der Waals surface area contributed by atoms with E-state index >= 15 is 0 Å². The summed E-state index contributed by atoms with van der Waals surface area (Å²) < 4.78 is 9.73. The van der Waals surface area contributed by atoms with Crippen LogP contribution < -0.4 is 4.74 Å². The van der Waals surface area contributed by atoms with Crippen molar-refractivity contribution in [3.8, 4) is 5.75 Å². The average molecular weight is 465 g/mol. The van der Waals surface area contributed by atoms with Gasteiger partial charge in [0.1, 0.15) is 5.75 Å². The molecule has 1 saturated heterocycles. The standard InChI is InChI=1S/C22H22Cl2N2O5/c1-2-30-22(29)31-17-7-4-15(5-8-17)20(27)25-10-3-11-26(13-12-25)21(28)16-6-9-18(23)19(24)14-16/h4-9,14H,2-3,10-13H2,1H3. The molecule has 1 aliphatic rings. The van der Waals surface area contributed by atoms with Crippen LogP contribution in [0.1, 0.15) is 34.1 Å². The summed E-state index contributed by atoms with van der Waals surface area (Å²) in [6, 6.07) is 11.1. The molecule has 0 spiro atoms. The highest BCUT2D eigenvalue weighted by atomic mass is 35.5. The van der Waals surface area contributed by atoms with Gasteiger partial charge in [-0.25, -0.2) is 4.79 Å². The van der Waals surface area contributed by atoms with Crippen LogP contribution in [0.15, 0.2) is 42.5 Å². The molecule has 1 heterocycles. The van der Waals surface area contributed by atoms with Crippen LogP contribution in [0.25, 0.3) is 0 Å². The zero-order chi connectivity index (χ0) is 22.4. The summed E-state index contributed by atoms with van der Waals surface area (Å²) in [6.45, 7) is 3.79. The van der Waals surface area contributed by atoms with Gasteiger partial charge < -0.3 is 19.3 Å². The molecular weight excluding hydrogens is 443 g/mol. The van der Waals surface area contributed by atoms with Crippen LogP contribution in [0, 0.1) is 0 Å². The Morgan fingerprint density at radius 1 is 0.839 bits per heavy atom. The molecule has 0 bridgehead atoms. The number of benzene rings is 2. The quantitative estimate of drug-likeness (QED) is 0.491. The highest BCUT2D eigenvalue weighted by Gasteiger charge is 2.24. The maximum atomic E-state index is 12.9. The molecule has 3 rings (SSSR count). The lowest BCUT2D eigenvalue weighted by molar-refractivity contribution is 0.0718. The SMILES string of the molecule is CCOC(=O)Oc1ccc(C(=O)N2CCCN(C(=O)c3ccc(Cl)c(Cl)c3)CC2)cc1. The number of amides is 2. The van der Waals surface area contributed by atoms with Crippen LogP contribution in [-0.2, 0) is 4.74 Å². The van der Waals surface area contributed by atoms with Crippen LogP contribution in [0.5, 0.6) is 5.75 Å². The zero-order valence-electron chi connectivity index (χ0n) is 17.0. The minimum Gasteiger partial charge on any atom is -0.434 e. The molecule has 2 amide bonds. The highest BCUT2D eigenvalue weighted by Crippen LogP contribution is 2.24. The van der Waals surface area contributed by atoms with Crippen molar-refractivity contribution in [1.29, 1.82) is 0 Å². The van der Waals surface area contributed by atoms with Crippen molar-refractivity contribution in [1.82, 2.24) is 9.80 Å². The van der Waals surface area contributed by atoms with E-state index in [1.54, 1.807) is 59.2 Å². The topological polar surface area (TPSA) is 76.2 Å². The van der Waals surface area contributed by atoms with Crippen LogP contribution in [-0.4, -0.2) is 60.6 Å². The van der Waals surface area contributed by atoms with Crippen LogP contribution >= 0.6 is 23.2 Å². The molecule has 0 aromatic heterocycles. The fourth-order valence-corrected chi connectivity index (χ4v) is 3.53. The lowest BCUT2D eigenvalue weighted by Crippen LogP contribution is -2.37. The van der Waals surface area contributed by atoms with Crippen molar-refractivity contribution in [2.24, 2.45) is 0 Å². The Kier molecular flexibility index (Phi) is 7.76. The molecule has 0 atom stereocenters. The molecule has 1 fully saturated rings. The zero-order valence-corrected chi connectivity index (χ0v) is 18.5. The van der Waals surface area contributed by atoms with Gasteiger partial charge in [-0.15, -0.1) is 0 Å². The number of carbonyl (C=O) groups excluding carboxylic acids is 3. The Morgan fingerprint density at radius 2 is 1.42 bits per heavy atom. The number of rotatable bonds is 4. The Balaban J connectivity index is 1.61. The minimum absolute atomic E-state index is 0.145. The van der Waals surface area contributed by atoms with Gasteiger partial charge in [0.05, 0.1) is 16.7 Å². The van der Waals surface area contributed by atoms with Crippen molar-refractivity contribution in [3.63, 3.8) is 0 Å². The molecule has 0 unspecified atom stereocenters. The predicted molar refractivity (Wildman–Crippen MR) is 117 cm³/mol. The molecule has 0 aliphatic carbocycles. The Hall–Kier alpha value is -2.77. The predicted octanol–water partition coefficient (Wildman–Crippen LogP) is 4.52. The van der Waals surface area contributed by atoms with Crippen molar-refractivity contribution in [2.45, 2.75) is 13.3 Å². The Morgan fingerprint density at radius 3 is 2.00 bits per heavy atom. The monoisotopic (exact) mass is 464 g/mol. The fraction of sp³-hybridized carbons (Fsp3) is 0.318. The first-order chi connectivity index (χ1) is 14.9. The molecule has 0 radical (unpaired) electrons. The van der Waals surface area contributed by atoms with Crippen molar-refractivity contribution in [3.05, 3.63) is 63.6 Å². The number of hydrogen-bond donors (Lipinski definition) is 0. The summed E-state index contributed by atoms with van der Waals surface area (Å²) in [5.41, 5.74) is 0.937. The van der Waals surface area contributed by atoms with Gasteiger partial charge >= 0.3 is 6.16 Å². The van der Waals surface area contributed by atoms with E-state index in [-0.39, 0.29) is 18.4 Å². The largest absolute Gasteiger partial charge is 0.513 e. The smallest absolute Gasteiger partial charge is 0.434 e. The van der Waals surface area contributed by atoms with Gasteiger partial charge in [0, 0.05) is 37.3 Å². The van der Waals surface area contributed by atoms with E-state index < -0.39 is 6.16 Å². The second-order valence-corrected chi connectivity index (χ2v) is 7.69. The van der Waals surface area contributed by atoms with Gasteiger partial charge in [-0.05, 0) is 55.8 Å². The first-order valence-corrected chi connectivity index (χ1v) is 10.6. The van der Waals surface area contributed by atoms with E-state index in [4.69, 9.17) is 32.7 Å². The molecule has 2 aromatic rings. The molecule has 7 nitrogen and oxygen atoms in total. The first kappa shape index (κ1) is 22.9. The third-order valence-corrected chi connectivity index (χ3v) is 5.54. The summed E-state index contributed by atoms with van der Waals surface area (Å²) in [4.78, 5) is 40.5. The average Bonchev–Trinajstić information content (AvgIpc) is 3.02. The Labute approximate surface area is 190 Å². The maximum Gasteiger partial charge on any atom is 0.513 e. The van der Waals surface area contributed by atoms with Crippen LogP contribution in [0.4, 0.5) is 4.79 Å². The van der Waals surface area contributed by atoms with Gasteiger partial charge in [-0.3, -0.25) is 9.59 Å². The normalized spacial score (nSPS) is 14.0. The number of halogens is 2. The van der Waals surface area contributed by atoms with Crippen molar-refractivity contribution in [2.75, 3.05) is 32.8 Å². The highest BCUT2D eigenvalue weighted by molar-refractivity contribution is 6.42. The number of ether oxygens (including phenoxy) is 2. The number of hydrogen-bond acceptors (Lipinski definition) is 5. The molecule has 2 aromatic carbocycles. The van der Waals surface area contributed by atoms with Crippen molar-refractivity contribution < 1.29 is 23.9 Å². The second kappa shape index (κ2) is 10.5. The lowest BCUT2D eigenvalue weighted by Gasteiger charge is -2.22. The fourth-order valence-electron chi connectivity index (χ4n) is 3.23. The first-order valence-electron chi connectivity index (χ1n) is 9.87. The number of carbonyl (C=O) groups is 3. The third kappa shape index (κ3) is 5.89. The molecule has 0 N–H and O–H groups in total. The van der Waals surface area contributed by atoms with E-state index in [0.717, 1.165) is 0 Å². The van der Waals surface area contributed by atoms with Gasteiger partial charge in [-0.1, -0.05) is 23.2 Å². The van der Waals surface area contributed by atoms with Crippen molar-refractivity contribution >= 4 is 41.2 Å². The van der Waals surface area contributed by atoms with Gasteiger partial charge in [-0.2, -0.15) is 0 Å². The molecule has 1 aliphatic heterocycles. The van der Waals surface area contributed by atoms with E-state index in [0.29, 0.717) is 59.5 Å². The lowest BCUT2D eigenvalue weighted by atomic mass is 10.2. The molecule has 9 heteroatoms. The van der Waals surface area contributed by atoms with Gasteiger partial charge in [0.15, 0.2) is 0 Å². The Bertz CT molecular complexity index is 965.